The molecule has 0 atom stereocenters. The van der Waals surface area contributed by atoms with Gasteiger partial charge in [-0.05, 0) is 72.8 Å². The maximum atomic E-state index is 15.4. The number of halogens is 2. The normalized spacial score (nSPS) is 13.0. The molecular formula is C33H29F2N7O3. The lowest BCUT2D eigenvalue weighted by atomic mass is 10.0. The molecule has 1 saturated heterocycles. The Labute approximate surface area is 257 Å². The number of carbonyl (C=O) groups is 2. The van der Waals surface area contributed by atoms with Crippen molar-refractivity contribution in [2.75, 3.05) is 55.9 Å². The molecule has 0 bridgehead atoms. The Morgan fingerprint density at radius 1 is 0.867 bits per heavy atom. The summed E-state index contributed by atoms with van der Waals surface area (Å²) in [5, 5.41) is 6.03. The Bertz CT molecular complexity index is 1880. The smallest absolute Gasteiger partial charge is 0.323 e. The number of morpholine rings is 1. The van der Waals surface area contributed by atoms with Crippen LogP contribution < -0.4 is 15.5 Å². The van der Waals surface area contributed by atoms with E-state index in [1.165, 1.54) is 29.3 Å². The van der Waals surface area contributed by atoms with Gasteiger partial charge in [0, 0.05) is 72.4 Å². The minimum atomic E-state index is -0.776. The molecule has 45 heavy (non-hydrogen) atoms. The van der Waals surface area contributed by atoms with Crippen LogP contribution in [0.15, 0.2) is 79.0 Å². The lowest BCUT2D eigenvalue weighted by Gasteiger charge is -2.29. The number of hydrogen-bond donors (Lipinski definition) is 2. The van der Waals surface area contributed by atoms with Gasteiger partial charge >= 0.3 is 6.03 Å². The first-order valence-electron chi connectivity index (χ1n) is 14.2. The molecule has 228 valence electrons. The SMILES string of the molecule is CN(C)C(=O)c1ccc(NC(=O)Nc2ccc(-c3nc(N4CCOCC4)c4cc(F)c(-c5cccnc5F)cc4n3)cc2)cc1. The van der Waals surface area contributed by atoms with Gasteiger partial charge in [-0.3, -0.25) is 4.79 Å². The topological polar surface area (TPSA) is 113 Å². The summed E-state index contributed by atoms with van der Waals surface area (Å²) in [6.07, 6.45) is 1.31. The monoisotopic (exact) mass is 609 g/mol. The first-order chi connectivity index (χ1) is 21.8. The zero-order chi connectivity index (χ0) is 31.5. The van der Waals surface area contributed by atoms with Crippen molar-refractivity contribution in [3.05, 3.63) is 96.3 Å². The summed E-state index contributed by atoms with van der Waals surface area (Å²) in [6, 6.07) is 19.0. The van der Waals surface area contributed by atoms with Gasteiger partial charge < -0.3 is 25.2 Å². The molecule has 3 heterocycles. The molecule has 0 unspecified atom stereocenters. The number of hydrogen-bond acceptors (Lipinski definition) is 7. The van der Waals surface area contributed by atoms with E-state index in [1.54, 1.807) is 68.7 Å². The Balaban J connectivity index is 1.27. The maximum Gasteiger partial charge on any atom is 0.323 e. The highest BCUT2D eigenvalue weighted by Gasteiger charge is 2.21. The van der Waals surface area contributed by atoms with Crippen LogP contribution in [0.4, 0.5) is 30.8 Å². The number of aromatic nitrogens is 3. The molecule has 5 aromatic rings. The van der Waals surface area contributed by atoms with Gasteiger partial charge in [-0.15, -0.1) is 0 Å². The van der Waals surface area contributed by atoms with Crippen molar-refractivity contribution in [3.8, 4) is 22.5 Å². The molecule has 12 heteroatoms. The number of urea groups is 1. The van der Waals surface area contributed by atoms with Crippen molar-refractivity contribution in [3.63, 3.8) is 0 Å². The number of nitrogens with one attached hydrogen (secondary N) is 2. The van der Waals surface area contributed by atoms with Gasteiger partial charge in [0.2, 0.25) is 5.95 Å². The van der Waals surface area contributed by atoms with Gasteiger partial charge in [-0.1, -0.05) is 0 Å². The highest BCUT2D eigenvalue weighted by molar-refractivity contribution is 6.01. The van der Waals surface area contributed by atoms with Crippen LogP contribution in [0.3, 0.4) is 0 Å². The Morgan fingerprint density at radius 3 is 2.18 bits per heavy atom. The third kappa shape index (κ3) is 6.41. The maximum absolute atomic E-state index is 15.4. The Kier molecular flexibility index (Phi) is 8.30. The van der Waals surface area contributed by atoms with Gasteiger partial charge in [-0.25, -0.2) is 24.1 Å². The van der Waals surface area contributed by atoms with Crippen molar-refractivity contribution in [1.29, 1.82) is 0 Å². The van der Waals surface area contributed by atoms with E-state index in [4.69, 9.17) is 14.7 Å². The number of ether oxygens (including phenoxy) is 1. The molecule has 3 aromatic carbocycles. The number of pyridine rings is 1. The van der Waals surface area contributed by atoms with Crippen LogP contribution in [0.1, 0.15) is 10.4 Å². The third-order valence-corrected chi connectivity index (χ3v) is 7.32. The molecule has 1 fully saturated rings. The summed E-state index contributed by atoms with van der Waals surface area (Å²) in [7, 11) is 3.34. The fraction of sp³-hybridized carbons (Fsp3) is 0.182. The summed E-state index contributed by atoms with van der Waals surface area (Å²) in [5.41, 5.74) is 2.77. The van der Waals surface area contributed by atoms with E-state index in [9.17, 15) is 14.0 Å². The third-order valence-electron chi connectivity index (χ3n) is 7.32. The van der Waals surface area contributed by atoms with Gasteiger partial charge in [-0.2, -0.15) is 4.39 Å². The van der Waals surface area contributed by atoms with Crippen molar-refractivity contribution in [2.24, 2.45) is 0 Å². The summed E-state index contributed by atoms with van der Waals surface area (Å²) in [5.74, 6) is -0.575. The number of carbonyl (C=O) groups excluding carboxylic acids is 2. The van der Waals surface area contributed by atoms with Gasteiger partial charge in [0.15, 0.2) is 5.82 Å². The van der Waals surface area contributed by atoms with E-state index in [0.717, 1.165) is 0 Å². The van der Waals surface area contributed by atoms with E-state index in [2.05, 4.69) is 15.6 Å². The van der Waals surface area contributed by atoms with Gasteiger partial charge in [0.25, 0.3) is 5.91 Å². The van der Waals surface area contributed by atoms with Crippen LogP contribution in [0, 0.1) is 11.8 Å². The quantitative estimate of drug-likeness (QED) is 0.233. The average Bonchev–Trinajstić information content (AvgIpc) is 3.05. The minimum absolute atomic E-state index is 0.0386. The molecule has 1 aliphatic heterocycles. The highest BCUT2D eigenvalue weighted by atomic mass is 19.1. The Hall–Kier alpha value is -5.49. The van der Waals surface area contributed by atoms with E-state index >= 15 is 4.39 Å². The number of nitrogens with zero attached hydrogens (tertiary/aromatic N) is 5. The fourth-order valence-corrected chi connectivity index (χ4v) is 5.02. The molecule has 1 aliphatic rings. The van der Waals surface area contributed by atoms with Crippen molar-refractivity contribution in [1.82, 2.24) is 19.9 Å². The van der Waals surface area contributed by atoms with E-state index in [-0.39, 0.29) is 17.0 Å². The van der Waals surface area contributed by atoms with Crippen LogP contribution in [0.5, 0.6) is 0 Å². The van der Waals surface area contributed by atoms with Crippen LogP contribution in [0.2, 0.25) is 0 Å². The fourth-order valence-electron chi connectivity index (χ4n) is 5.02. The van der Waals surface area contributed by atoms with E-state index in [0.29, 0.717) is 71.4 Å². The Morgan fingerprint density at radius 2 is 1.53 bits per heavy atom. The number of benzene rings is 3. The highest BCUT2D eigenvalue weighted by Crippen LogP contribution is 2.34. The van der Waals surface area contributed by atoms with Crippen molar-refractivity contribution >= 4 is 40.0 Å². The molecule has 0 spiro atoms. The minimum Gasteiger partial charge on any atom is -0.378 e. The first-order valence-corrected chi connectivity index (χ1v) is 14.2. The second-order valence-electron chi connectivity index (χ2n) is 10.6. The average molecular weight is 610 g/mol. The molecule has 0 aliphatic carbocycles. The zero-order valence-electron chi connectivity index (χ0n) is 24.6. The van der Waals surface area contributed by atoms with Crippen molar-refractivity contribution < 1.29 is 23.1 Å². The summed E-state index contributed by atoms with van der Waals surface area (Å²) in [4.78, 5) is 41.4. The molecule has 3 amide bonds. The van der Waals surface area contributed by atoms with Crippen LogP contribution in [0.25, 0.3) is 33.4 Å². The largest absolute Gasteiger partial charge is 0.378 e. The number of anilines is 3. The molecule has 2 N–H and O–H groups in total. The predicted molar refractivity (Wildman–Crippen MR) is 168 cm³/mol. The molecule has 2 aromatic heterocycles. The summed E-state index contributed by atoms with van der Waals surface area (Å²) < 4.78 is 35.4. The number of fused-ring (bicyclic) bond motifs is 1. The van der Waals surface area contributed by atoms with Crippen molar-refractivity contribution in [2.45, 2.75) is 0 Å². The lowest BCUT2D eigenvalue weighted by Crippen LogP contribution is -2.37. The van der Waals surface area contributed by atoms with Crippen LogP contribution in [-0.4, -0.2) is 72.2 Å². The summed E-state index contributed by atoms with van der Waals surface area (Å²) >= 11 is 0. The molecular weight excluding hydrogens is 580 g/mol. The van der Waals surface area contributed by atoms with Crippen LogP contribution in [-0.2, 0) is 4.74 Å². The molecule has 10 nitrogen and oxygen atoms in total. The summed E-state index contributed by atoms with van der Waals surface area (Å²) in [6.45, 7) is 2.14. The number of amides is 3. The van der Waals surface area contributed by atoms with Crippen LogP contribution >= 0.6 is 0 Å². The van der Waals surface area contributed by atoms with E-state index < -0.39 is 17.8 Å². The van der Waals surface area contributed by atoms with E-state index in [1.807, 2.05) is 4.90 Å². The first kappa shape index (κ1) is 29.6. The second kappa shape index (κ2) is 12.6. The standard InChI is InChI=1S/C33H29F2N7O3/c1-41(2)32(43)21-7-11-23(12-8-21)38-33(44)37-22-9-5-20(6-10-22)30-39-28-19-25(24-4-3-13-36-29(24)35)27(34)18-26(28)31(40-30)42-14-16-45-17-15-42/h3-13,18-19H,14-17H2,1-2H3,(H2,37,38,44). The predicted octanol–water partition coefficient (Wildman–Crippen LogP) is 5.82. The molecule has 0 radical (unpaired) electrons. The zero-order valence-corrected chi connectivity index (χ0v) is 24.6. The molecule has 0 saturated carbocycles. The lowest BCUT2D eigenvalue weighted by molar-refractivity contribution is 0.0827. The molecule has 6 rings (SSSR count). The second-order valence-corrected chi connectivity index (χ2v) is 10.6. The van der Waals surface area contributed by atoms with Gasteiger partial charge in [0.1, 0.15) is 11.6 Å². The number of rotatable bonds is 6. The van der Waals surface area contributed by atoms with Gasteiger partial charge in [0.05, 0.1) is 18.7 Å².